The van der Waals surface area contributed by atoms with E-state index < -0.39 is 22.0 Å². The van der Waals surface area contributed by atoms with Crippen molar-refractivity contribution in [3.63, 3.8) is 0 Å². The first-order chi connectivity index (χ1) is 32.3. The molecule has 3 aromatic carbocycles. The van der Waals surface area contributed by atoms with E-state index in [2.05, 4.69) is 79.7 Å². The number of aromatic nitrogens is 4. The Morgan fingerprint density at radius 1 is 0.910 bits per heavy atom. The average molecular weight is 953 g/mol. The summed E-state index contributed by atoms with van der Waals surface area (Å²) in [6.07, 6.45) is 9.04. The number of carbonyl (C=O) groups excluding carboxylic acids is 3. The van der Waals surface area contributed by atoms with Crippen LogP contribution in [0.15, 0.2) is 61.1 Å². The lowest BCUT2D eigenvalue weighted by Gasteiger charge is -2.43. The SMILES string of the molecule is CCc1cc(Nc2ncc(Cl)c(Nc3ccc4nccnc4c3NS(C)(=O)=O)n2)c(OC)cc1N1CCC(N2CCN(CCNc3cccc4c3CN(C3CCC(=O)NC3=O)C4=O)CC2)CC1. The first-order valence-electron chi connectivity index (χ1n) is 22.6. The molecule has 1 atom stereocenters. The molecule has 9 rings (SSSR count). The molecular formula is C46H54ClN13O6S. The molecule has 0 aliphatic carbocycles. The predicted molar refractivity (Wildman–Crippen MR) is 258 cm³/mol. The Morgan fingerprint density at radius 3 is 2.45 bits per heavy atom. The van der Waals surface area contributed by atoms with Gasteiger partial charge in [-0.3, -0.25) is 44.2 Å². The van der Waals surface area contributed by atoms with E-state index in [1.807, 2.05) is 18.2 Å². The Morgan fingerprint density at radius 2 is 1.70 bits per heavy atom. The highest BCUT2D eigenvalue weighted by atomic mass is 35.5. The van der Waals surface area contributed by atoms with Gasteiger partial charge in [0.2, 0.25) is 27.8 Å². The minimum atomic E-state index is -3.67. The van der Waals surface area contributed by atoms with Crippen LogP contribution in [0.5, 0.6) is 5.75 Å². The van der Waals surface area contributed by atoms with Gasteiger partial charge in [-0.2, -0.15) is 4.98 Å². The van der Waals surface area contributed by atoms with Gasteiger partial charge in [-0.1, -0.05) is 24.6 Å². The Hall–Kier alpha value is -6.35. The molecule has 3 fully saturated rings. The number of piperidine rings is 2. The second kappa shape index (κ2) is 19.5. The highest BCUT2D eigenvalue weighted by Crippen LogP contribution is 2.39. The van der Waals surface area contributed by atoms with Crippen LogP contribution < -0.4 is 35.6 Å². The molecule has 1 unspecified atom stereocenters. The number of hydrogen-bond acceptors (Lipinski definition) is 16. The van der Waals surface area contributed by atoms with Crippen molar-refractivity contribution in [3.8, 4) is 5.75 Å². The number of anilines is 7. The topological polar surface area (TPSA) is 219 Å². The minimum Gasteiger partial charge on any atom is -0.494 e. The number of sulfonamides is 1. The van der Waals surface area contributed by atoms with Crippen LogP contribution in [0.25, 0.3) is 11.0 Å². The molecule has 19 nitrogen and oxygen atoms in total. The standard InChI is InChI=1S/C46H54ClN13O6S/c1-4-28-24-36(53-46-51-26-32(47)43(55-46)52-35-9-8-34-41(50-15-14-48-34)42(35)56-67(3,64)65)39(66-2)25-38(28)59-17-12-29(13-18-59)58-22-20-57(21-23-58)19-16-49-33-7-5-6-30-31(33)27-60(45(30)63)37-10-11-40(61)54-44(37)62/h5-9,14-15,24-26,29,37,49,56H,4,10-13,16-23,27H2,1-3H3,(H,54,61,62)(H2,51,52,53,55). The van der Waals surface area contributed by atoms with Gasteiger partial charge in [-0.25, -0.2) is 13.4 Å². The van der Waals surface area contributed by atoms with Crippen molar-refractivity contribution < 1.29 is 27.5 Å². The maximum atomic E-state index is 13.3. The normalized spacial score (nSPS) is 18.5. The summed E-state index contributed by atoms with van der Waals surface area (Å²) in [7, 11) is -2.03. The van der Waals surface area contributed by atoms with Gasteiger partial charge in [0, 0.05) is 112 Å². The number of rotatable bonds is 15. The van der Waals surface area contributed by atoms with E-state index in [4.69, 9.17) is 16.3 Å². The lowest BCUT2D eigenvalue weighted by atomic mass is 9.99. The smallest absolute Gasteiger partial charge is 0.255 e. The van der Waals surface area contributed by atoms with Gasteiger partial charge >= 0.3 is 0 Å². The molecular weight excluding hydrogens is 898 g/mol. The average Bonchev–Trinajstić information content (AvgIpc) is 3.66. The molecule has 2 aromatic heterocycles. The second-order valence-corrected chi connectivity index (χ2v) is 19.4. The number of fused-ring (bicyclic) bond motifs is 2. The lowest BCUT2D eigenvalue weighted by Crippen LogP contribution is -2.53. The van der Waals surface area contributed by atoms with Crippen molar-refractivity contribution in [2.24, 2.45) is 0 Å². The Balaban J connectivity index is 0.782. The fourth-order valence-corrected chi connectivity index (χ4v) is 10.3. The molecule has 3 saturated heterocycles. The maximum absolute atomic E-state index is 13.3. The van der Waals surface area contributed by atoms with Crippen LogP contribution in [-0.2, 0) is 32.6 Å². The van der Waals surface area contributed by atoms with Gasteiger partial charge < -0.3 is 30.5 Å². The Labute approximate surface area is 394 Å². The molecule has 4 aliphatic rings. The number of methoxy groups -OCH3 is 1. The number of nitrogens with one attached hydrogen (secondary N) is 5. The van der Waals surface area contributed by atoms with Gasteiger partial charge in [-0.15, -0.1) is 0 Å². The molecule has 0 bridgehead atoms. The number of imide groups is 1. The number of aryl methyl sites for hydroxylation is 1. The highest BCUT2D eigenvalue weighted by molar-refractivity contribution is 7.92. The van der Waals surface area contributed by atoms with Crippen molar-refractivity contribution >= 4 is 90.6 Å². The zero-order chi connectivity index (χ0) is 46.8. The van der Waals surface area contributed by atoms with E-state index in [0.29, 0.717) is 52.7 Å². The monoisotopic (exact) mass is 951 g/mol. The molecule has 352 valence electrons. The van der Waals surface area contributed by atoms with Crippen LogP contribution in [-0.4, -0.2) is 139 Å². The zero-order valence-electron chi connectivity index (χ0n) is 37.6. The number of piperazine rings is 1. The molecule has 0 radical (unpaired) electrons. The van der Waals surface area contributed by atoms with E-state index >= 15 is 0 Å². The van der Waals surface area contributed by atoms with Crippen molar-refractivity contribution in [2.75, 3.05) is 91.3 Å². The fourth-order valence-electron chi connectivity index (χ4n) is 9.57. The van der Waals surface area contributed by atoms with Crippen molar-refractivity contribution in [3.05, 3.63) is 82.8 Å². The summed E-state index contributed by atoms with van der Waals surface area (Å²) >= 11 is 6.57. The first-order valence-corrected chi connectivity index (χ1v) is 24.8. The number of benzene rings is 3. The molecule has 3 amide bonds. The molecule has 67 heavy (non-hydrogen) atoms. The van der Waals surface area contributed by atoms with E-state index in [-0.39, 0.29) is 40.7 Å². The molecule has 0 spiro atoms. The summed E-state index contributed by atoms with van der Waals surface area (Å²) < 4.78 is 33.2. The van der Waals surface area contributed by atoms with Gasteiger partial charge in [0.25, 0.3) is 5.91 Å². The van der Waals surface area contributed by atoms with Crippen LogP contribution in [0.3, 0.4) is 0 Å². The molecule has 0 saturated carbocycles. The van der Waals surface area contributed by atoms with Gasteiger partial charge in [0.15, 0.2) is 5.82 Å². The summed E-state index contributed by atoms with van der Waals surface area (Å²) in [6, 6.07) is 13.1. The summed E-state index contributed by atoms with van der Waals surface area (Å²) in [6.45, 7) is 9.93. The van der Waals surface area contributed by atoms with Crippen molar-refractivity contribution in [2.45, 2.75) is 57.7 Å². The number of carbonyl (C=O) groups is 3. The zero-order valence-corrected chi connectivity index (χ0v) is 39.2. The van der Waals surface area contributed by atoms with Crippen LogP contribution in [0, 0.1) is 0 Å². The van der Waals surface area contributed by atoms with Crippen LogP contribution in [0.4, 0.5) is 40.2 Å². The fraction of sp³-hybridized carbons (Fsp3) is 0.413. The van der Waals surface area contributed by atoms with Gasteiger partial charge in [-0.05, 0) is 61.6 Å². The summed E-state index contributed by atoms with van der Waals surface area (Å²) in [5.74, 6) is 0.285. The summed E-state index contributed by atoms with van der Waals surface area (Å²) in [5.41, 5.74) is 6.89. The Bertz CT molecular complexity index is 2820. The number of hydrogen-bond donors (Lipinski definition) is 5. The number of amides is 3. The van der Waals surface area contributed by atoms with Crippen molar-refractivity contribution in [1.82, 2.24) is 40.0 Å². The second-order valence-electron chi connectivity index (χ2n) is 17.2. The minimum absolute atomic E-state index is 0.166. The molecule has 5 aromatic rings. The third kappa shape index (κ3) is 10.0. The van der Waals surface area contributed by atoms with E-state index in [1.54, 1.807) is 24.1 Å². The van der Waals surface area contributed by atoms with Crippen LogP contribution in [0.2, 0.25) is 5.02 Å². The largest absolute Gasteiger partial charge is 0.494 e. The van der Waals surface area contributed by atoms with E-state index in [9.17, 15) is 22.8 Å². The van der Waals surface area contributed by atoms with E-state index in [1.165, 1.54) is 18.6 Å². The van der Waals surface area contributed by atoms with Gasteiger partial charge in [0.1, 0.15) is 22.3 Å². The Kier molecular flexibility index (Phi) is 13.3. The molecule has 6 heterocycles. The molecule has 21 heteroatoms. The van der Waals surface area contributed by atoms with Crippen LogP contribution in [0.1, 0.15) is 54.1 Å². The van der Waals surface area contributed by atoms with Crippen LogP contribution >= 0.6 is 11.6 Å². The van der Waals surface area contributed by atoms with Crippen molar-refractivity contribution in [1.29, 1.82) is 0 Å². The summed E-state index contributed by atoms with van der Waals surface area (Å²) in [4.78, 5) is 64.4. The summed E-state index contributed by atoms with van der Waals surface area (Å²) in [5, 5.41) is 12.6. The van der Waals surface area contributed by atoms with E-state index in [0.717, 1.165) is 100 Å². The third-order valence-electron chi connectivity index (χ3n) is 13.0. The highest BCUT2D eigenvalue weighted by Gasteiger charge is 2.40. The predicted octanol–water partition coefficient (Wildman–Crippen LogP) is 4.96. The quantitative estimate of drug-likeness (QED) is 0.0876. The van der Waals surface area contributed by atoms with Gasteiger partial charge in [0.05, 0.1) is 42.1 Å². The first kappa shape index (κ1) is 45.8. The number of nitrogens with zero attached hydrogens (tertiary/aromatic N) is 8. The lowest BCUT2D eigenvalue weighted by molar-refractivity contribution is -0.136. The maximum Gasteiger partial charge on any atom is 0.255 e. The number of ether oxygens (including phenoxy) is 1. The third-order valence-corrected chi connectivity index (χ3v) is 13.9. The molecule has 4 aliphatic heterocycles. The number of halogens is 1. The molecule has 5 N–H and O–H groups in total.